The van der Waals surface area contributed by atoms with Crippen molar-refractivity contribution in [3.05, 3.63) is 34.3 Å². The number of halogens is 1. The highest BCUT2D eigenvalue weighted by atomic mass is 79.9. The number of hydrogen-bond acceptors (Lipinski definition) is 3. The van der Waals surface area contributed by atoms with Crippen molar-refractivity contribution in [2.75, 3.05) is 19.6 Å². The SMILES string of the molecule is O=C(O)CCN1CCNC(=O)C1c1cccc(Br)c1. The van der Waals surface area contributed by atoms with E-state index in [1.54, 1.807) is 0 Å². The minimum absolute atomic E-state index is 0.0395. The van der Waals surface area contributed by atoms with Crippen molar-refractivity contribution in [3.63, 3.8) is 0 Å². The quantitative estimate of drug-likeness (QED) is 0.877. The Morgan fingerprint density at radius 1 is 1.53 bits per heavy atom. The van der Waals surface area contributed by atoms with Crippen LogP contribution in [0.2, 0.25) is 0 Å². The lowest BCUT2D eigenvalue weighted by Gasteiger charge is -2.35. The highest BCUT2D eigenvalue weighted by Crippen LogP contribution is 2.25. The molecule has 102 valence electrons. The third kappa shape index (κ3) is 3.54. The van der Waals surface area contributed by atoms with E-state index in [1.165, 1.54) is 0 Å². The Labute approximate surface area is 119 Å². The number of amides is 1. The number of carbonyl (C=O) groups excluding carboxylic acids is 1. The zero-order valence-electron chi connectivity index (χ0n) is 10.3. The Morgan fingerprint density at radius 3 is 3.00 bits per heavy atom. The van der Waals surface area contributed by atoms with E-state index in [4.69, 9.17) is 5.11 Å². The van der Waals surface area contributed by atoms with E-state index >= 15 is 0 Å². The number of nitrogens with one attached hydrogen (secondary N) is 1. The van der Waals surface area contributed by atoms with Crippen molar-refractivity contribution in [2.45, 2.75) is 12.5 Å². The molecule has 1 amide bonds. The molecular weight excluding hydrogens is 312 g/mol. The second-order valence-electron chi connectivity index (χ2n) is 4.43. The molecule has 19 heavy (non-hydrogen) atoms. The van der Waals surface area contributed by atoms with Crippen LogP contribution in [0, 0.1) is 0 Å². The van der Waals surface area contributed by atoms with Gasteiger partial charge in [0.05, 0.1) is 6.42 Å². The predicted molar refractivity (Wildman–Crippen MR) is 73.7 cm³/mol. The third-order valence-electron chi connectivity index (χ3n) is 3.09. The van der Waals surface area contributed by atoms with Crippen molar-refractivity contribution < 1.29 is 14.7 Å². The fourth-order valence-corrected chi connectivity index (χ4v) is 2.65. The van der Waals surface area contributed by atoms with Crippen molar-refractivity contribution in [1.82, 2.24) is 10.2 Å². The molecule has 0 aromatic heterocycles. The van der Waals surface area contributed by atoms with E-state index < -0.39 is 12.0 Å². The summed E-state index contributed by atoms with van der Waals surface area (Å²) in [5.41, 5.74) is 0.872. The van der Waals surface area contributed by atoms with E-state index in [1.807, 2.05) is 29.2 Å². The molecule has 1 saturated heterocycles. The number of piperazine rings is 1. The van der Waals surface area contributed by atoms with Crippen LogP contribution in [0.25, 0.3) is 0 Å². The van der Waals surface area contributed by atoms with E-state index in [9.17, 15) is 9.59 Å². The van der Waals surface area contributed by atoms with Gasteiger partial charge in [0, 0.05) is 24.1 Å². The van der Waals surface area contributed by atoms with E-state index in [0.717, 1.165) is 10.0 Å². The van der Waals surface area contributed by atoms with Gasteiger partial charge in [-0.1, -0.05) is 28.1 Å². The van der Waals surface area contributed by atoms with Gasteiger partial charge in [0.2, 0.25) is 5.91 Å². The number of hydrogen-bond donors (Lipinski definition) is 2. The molecule has 1 unspecified atom stereocenters. The van der Waals surface area contributed by atoms with Gasteiger partial charge in [0.25, 0.3) is 0 Å². The fourth-order valence-electron chi connectivity index (χ4n) is 2.23. The first-order chi connectivity index (χ1) is 9.08. The van der Waals surface area contributed by atoms with Crippen LogP contribution in [0.3, 0.4) is 0 Å². The van der Waals surface area contributed by atoms with E-state index in [-0.39, 0.29) is 12.3 Å². The summed E-state index contributed by atoms with van der Waals surface area (Å²) >= 11 is 3.39. The van der Waals surface area contributed by atoms with Gasteiger partial charge in [-0.25, -0.2) is 0 Å². The van der Waals surface area contributed by atoms with Crippen LogP contribution in [-0.4, -0.2) is 41.5 Å². The van der Waals surface area contributed by atoms with Crippen molar-refractivity contribution >= 4 is 27.8 Å². The van der Waals surface area contributed by atoms with Crippen LogP contribution in [-0.2, 0) is 9.59 Å². The Balaban J connectivity index is 2.20. The molecule has 0 radical (unpaired) electrons. The zero-order chi connectivity index (χ0) is 13.8. The smallest absolute Gasteiger partial charge is 0.304 e. The summed E-state index contributed by atoms with van der Waals surface area (Å²) in [6.45, 7) is 1.60. The average molecular weight is 327 g/mol. The molecule has 5 nitrogen and oxygen atoms in total. The maximum absolute atomic E-state index is 12.0. The lowest BCUT2D eigenvalue weighted by molar-refractivity contribution is -0.139. The first-order valence-corrected chi connectivity index (χ1v) is 6.86. The number of benzene rings is 1. The van der Waals surface area contributed by atoms with Crippen molar-refractivity contribution in [3.8, 4) is 0 Å². The van der Waals surface area contributed by atoms with Gasteiger partial charge in [-0.15, -0.1) is 0 Å². The van der Waals surface area contributed by atoms with Crippen LogP contribution >= 0.6 is 15.9 Å². The van der Waals surface area contributed by atoms with Gasteiger partial charge >= 0.3 is 5.97 Å². The Bertz CT molecular complexity index is 493. The van der Waals surface area contributed by atoms with Gasteiger partial charge in [-0.2, -0.15) is 0 Å². The first kappa shape index (κ1) is 14.0. The number of carbonyl (C=O) groups is 2. The first-order valence-electron chi connectivity index (χ1n) is 6.07. The molecule has 1 heterocycles. The Morgan fingerprint density at radius 2 is 2.32 bits per heavy atom. The van der Waals surface area contributed by atoms with Gasteiger partial charge in [0.15, 0.2) is 0 Å². The Kier molecular flexibility index (Phi) is 4.55. The van der Waals surface area contributed by atoms with E-state index in [2.05, 4.69) is 21.2 Å². The fraction of sp³-hybridized carbons (Fsp3) is 0.385. The zero-order valence-corrected chi connectivity index (χ0v) is 11.9. The monoisotopic (exact) mass is 326 g/mol. The van der Waals surface area contributed by atoms with Gasteiger partial charge in [-0.05, 0) is 17.7 Å². The van der Waals surface area contributed by atoms with Crippen LogP contribution in [0.5, 0.6) is 0 Å². The molecule has 1 aromatic carbocycles. The molecule has 1 atom stereocenters. The summed E-state index contributed by atoms with van der Waals surface area (Å²) in [5, 5.41) is 11.6. The molecule has 0 bridgehead atoms. The molecule has 2 rings (SSSR count). The number of carboxylic acid groups (broad SMARTS) is 1. The molecule has 1 aliphatic heterocycles. The summed E-state index contributed by atoms with van der Waals surface area (Å²) in [5.74, 6) is -0.922. The maximum atomic E-state index is 12.0. The molecule has 0 aliphatic carbocycles. The topological polar surface area (TPSA) is 69.6 Å². The number of rotatable bonds is 4. The lowest BCUT2D eigenvalue weighted by atomic mass is 10.0. The van der Waals surface area contributed by atoms with Crippen molar-refractivity contribution in [2.24, 2.45) is 0 Å². The van der Waals surface area contributed by atoms with Crippen LogP contribution in [0.1, 0.15) is 18.0 Å². The molecule has 1 aliphatic rings. The van der Waals surface area contributed by atoms with Gasteiger partial charge in [0.1, 0.15) is 6.04 Å². The Hall–Kier alpha value is -1.40. The molecule has 0 spiro atoms. The largest absolute Gasteiger partial charge is 0.481 e. The summed E-state index contributed by atoms with van der Waals surface area (Å²) in [7, 11) is 0. The van der Waals surface area contributed by atoms with Gasteiger partial charge in [-0.3, -0.25) is 14.5 Å². The maximum Gasteiger partial charge on any atom is 0.304 e. The average Bonchev–Trinajstić information content (AvgIpc) is 2.36. The molecule has 0 saturated carbocycles. The number of carboxylic acids is 1. The normalized spacial score (nSPS) is 20.1. The predicted octanol–water partition coefficient (Wildman–Crippen LogP) is 1.40. The molecular formula is C13H15BrN2O3. The highest BCUT2D eigenvalue weighted by molar-refractivity contribution is 9.10. The van der Waals surface area contributed by atoms with Crippen LogP contribution < -0.4 is 5.32 Å². The summed E-state index contributed by atoms with van der Waals surface area (Å²) in [6.07, 6.45) is 0.0395. The molecule has 1 aromatic rings. The number of aliphatic carboxylic acids is 1. The summed E-state index contributed by atoms with van der Waals surface area (Å²) < 4.78 is 0.904. The summed E-state index contributed by atoms with van der Waals surface area (Å²) in [6, 6.07) is 7.13. The third-order valence-corrected chi connectivity index (χ3v) is 3.58. The molecule has 1 fully saturated rings. The van der Waals surface area contributed by atoms with Crippen LogP contribution in [0.15, 0.2) is 28.7 Å². The summed E-state index contributed by atoms with van der Waals surface area (Å²) in [4.78, 5) is 24.6. The highest BCUT2D eigenvalue weighted by Gasteiger charge is 2.31. The minimum atomic E-state index is -0.848. The molecule has 6 heteroatoms. The van der Waals surface area contributed by atoms with Crippen LogP contribution in [0.4, 0.5) is 0 Å². The van der Waals surface area contributed by atoms with E-state index in [0.29, 0.717) is 19.6 Å². The second-order valence-corrected chi connectivity index (χ2v) is 5.34. The number of nitrogens with zero attached hydrogens (tertiary/aromatic N) is 1. The van der Waals surface area contributed by atoms with Gasteiger partial charge < -0.3 is 10.4 Å². The second kappa shape index (κ2) is 6.16. The lowest BCUT2D eigenvalue weighted by Crippen LogP contribution is -2.50. The van der Waals surface area contributed by atoms with Crippen molar-refractivity contribution in [1.29, 1.82) is 0 Å². The minimum Gasteiger partial charge on any atom is -0.481 e. The molecule has 2 N–H and O–H groups in total. The standard InChI is InChI=1S/C13H15BrN2O3/c14-10-3-1-2-9(8-10)12-13(19)15-5-7-16(12)6-4-11(17)18/h1-3,8,12H,4-7H2,(H,15,19)(H,17,18).